The molecule has 2 aliphatic heterocycles. The number of morpholine rings is 1. The summed E-state index contributed by atoms with van der Waals surface area (Å²) in [6, 6.07) is 10.1. The summed E-state index contributed by atoms with van der Waals surface area (Å²) in [6.07, 6.45) is 3.57. The molecule has 0 saturated carbocycles. The maximum atomic E-state index is 13.4. The molecule has 11 heteroatoms. The summed E-state index contributed by atoms with van der Waals surface area (Å²) in [7, 11) is 0. The van der Waals surface area contributed by atoms with Gasteiger partial charge in [-0.05, 0) is 18.6 Å². The van der Waals surface area contributed by atoms with E-state index < -0.39 is 17.4 Å². The Labute approximate surface area is 216 Å². The Hall–Kier alpha value is -3.96. The van der Waals surface area contributed by atoms with Crippen molar-refractivity contribution in [3.05, 3.63) is 69.1 Å². The van der Waals surface area contributed by atoms with Gasteiger partial charge in [-0.2, -0.15) is 0 Å². The summed E-state index contributed by atoms with van der Waals surface area (Å²) in [5.41, 5.74) is 3.23. The summed E-state index contributed by atoms with van der Waals surface area (Å²) in [6.45, 7) is 5.04. The van der Waals surface area contributed by atoms with Gasteiger partial charge in [0.2, 0.25) is 5.75 Å². The Morgan fingerprint density at radius 1 is 1.08 bits per heavy atom. The number of aromatic nitrogens is 3. The highest BCUT2D eigenvalue weighted by molar-refractivity contribution is 7.15. The van der Waals surface area contributed by atoms with E-state index in [-0.39, 0.29) is 17.9 Å². The Balaban J connectivity index is 1.45. The molecule has 4 aromatic rings. The summed E-state index contributed by atoms with van der Waals surface area (Å²) in [5, 5.41) is 11.4. The van der Waals surface area contributed by atoms with Crippen LogP contribution in [0, 0.1) is 6.92 Å². The Kier molecular flexibility index (Phi) is 6.01. The van der Waals surface area contributed by atoms with Crippen LogP contribution < -0.4 is 15.4 Å². The molecule has 5 heterocycles. The minimum atomic E-state index is -0.626. The number of hydrogen-bond acceptors (Lipinski definition) is 9. The van der Waals surface area contributed by atoms with E-state index in [9.17, 15) is 14.7 Å². The number of carbonyl (C=O) groups excluding carboxylic acids is 1. The smallest absolute Gasteiger partial charge is 0.414 e. The number of nitrogens with zero attached hydrogens (tertiary/aromatic N) is 5. The summed E-state index contributed by atoms with van der Waals surface area (Å²) >= 11 is 1.37. The number of rotatable bonds is 5. The third-order valence-electron chi connectivity index (χ3n) is 6.55. The van der Waals surface area contributed by atoms with Gasteiger partial charge in [-0.1, -0.05) is 29.8 Å². The minimum Gasteiger partial charge on any atom is -0.501 e. The number of anilines is 2. The normalized spacial score (nSPS) is 16.0. The first kappa shape index (κ1) is 23.4. The highest BCUT2D eigenvalue weighted by atomic mass is 32.1. The summed E-state index contributed by atoms with van der Waals surface area (Å²) in [4.78, 5) is 39.6. The number of carbonyl (C=O) groups is 1. The molecule has 1 N–H and O–H groups in total. The first-order valence-electron chi connectivity index (χ1n) is 12.0. The van der Waals surface area contributed by atoms with Crippen LogP contribution in [0.15, 0.2) is 47.5 Å². The van der Waals surface area contributed by atoms with Crippen LogP contribution in [0.1, 0.15) is 16.0 Å². The van der Waals surface area contributed by atoms with Crippen molar-refractivity contribution < 1.29 is 19.4 Å². The molecule has 0 atom stereocenters. The van der Waals surface area contributed by atoms with E-state index in [0.717, 1.165) is 16.1 Å². The summed E-state index contributed by atoms with van der Waals surface area (Å²) < 4.78 is 11.9. The third-order valence-corrected chi connectivity index (χ3v) is 7.55. The molecule has 1 aromatic carbocycles. The molecular weight excluding hydrogens is 494 g/mol. The highest BCUT2D eigenvalue weighted by Crippen LogP contribution is 2.34. The van der Waals surface area contributed by atoms with Crippen LogP contribution in [0.3, 0.4) is 0 Å². The number of cyclic esters (lactones) is 1. The van der Waals surface area contributed by atoms with Gasteiger partial charge in [0.1, 0.15) is 17.3 Å². The third kappa shape index (κ3) is 4.40. The fourth-order valence-corrected chi connectivity index (χ4v) is 5.50. The molecule has 1 amide bonds. The van der Waals surface area contributed by atoms with Gasteiger partial charge in [0.05, 0.1) is 31.1 Å². The SMILES string of the molecule is Cc1ccc(Cc2cnc(-c3nc4c(N5CCOC5=O)cc(N5CCOCC5)cn4c(=O)c3O)s2)cc1. The van der Waals surface area contributed by atoms with Crippen molar-refractivity contribution in [3.63, 3.8) is 0 Å². The van der Waals surface area contributed by atoms with Crippen molar-refractivity contribution in [1.82, 2.24) is 14.4 Å². The number of pyridine rings is 1. The van der Waals surface area contributed by atoms with Gasteiger partial charge in [-0.25, -0.2) is 14.8 Å². The second kappa shape index (κ2) is 9.49. The van der Waals surface area contributed by atoms with Gasteiger partial charge in [0, 0.05) is 36.8 Å². The number of aromatic hydroxyl groups is 1. The number of thiazole rings is 1. The first-order valence-corrected chi connectivity index (χ1v) is 12.9. The van der Waals surface area contributed by atoms with Crippen molar-refractivity contribution in [2.24, 2.45) is 0 Å². The highest BCUT2D eigenvalue weighted by Gasteiger charge is 2.29. The van der Waals surface area contributed by atoms with Crippen molar-refractivity contribution in [3.8, 4) is 16.5 Å². The average Bonchev–Trinajstić information content (AvgIpc) is 3.56. The lowest BCUT2D eigenvalue weighted by Gasteiger charge is -2.30. The monoisotopic (exact) mass is 519 g/mol. The molecule has 3 aromatic heterocycles. The molecule has 0 aliphatic carbocycles. The van der Waals surface area contributed by atoms with E-state index in [1.165, 1.54) is 26.2 Å². The zero-order valence-electron chi connectivity index (χ0n) is 20.2. The van der Waals surface area contributed by atoms with E-state index in [4.69, 9.17) is 9.47 Å². The molecule has 6 rings (SSSR count). The van der Waals surface area contributed by atoms with Crippen LogP contribution in [-0.4, -0.2) is 65.0 Å². The average molecular weight is 520 g/mol. The molecule has 0 unspecified atom stereocenters. The molecule has 190 valence electrons. The van der Waals surface area contributed by atoms with Crippen molar-refractivity contribution in [2.45, 2.75) is 13.3 Å². The van der Waals surface area contributed by atoms with Gasteiger partial charge >= 0.3 is 11.7 Å². The second-order valence-corrected chi connectivity index (χ2v) is 10.2. The lowest BCUT2D eigenvalue weighted by Crippen LogP contribution is -2.37. The number of fused-ring (bicyclic) bond motifs is 1. The van der Waals surface area contributed by atoms with Gasteiger partial charge in [0.15, 0.2) is 5.65 Å². The number of aryl methyl sites for hydroxylation is 1. The number of amides is 1. The van der Waals surface area contributed by atoms with Crippen LogP contribution >= 0.6 is 11.3 Å². The standard InChI is InChI=1S/C26H25N5O5S/c1-16-2-4-17(5-3-16)12-19-14-27-24(37-19)21-22(32)25(33)31-15-18(29-6-9-35-10-7-29)13-20(23(31)28-21)30-8-11-36-26(30)34/h2-5,13-15,32H,6-12H2,1H3. The molecular formula is C26H25N5O5S. The molecule has 37 heavy (non-hydrogen) atoms. The fourth-order valence-electron chi connectivity index (χ4n) is 4.56. The molecule has 2 fully saturated rings. The predicted octanol–water partition coefficient (Wildman–Crippen LogP) is 3.22. The predicted molar refractivity (Wildman–Crippen MR) is 140 cm³/mol. The second-order valence-electron chi connectivity index (χ2n) is 9.05. The van der Waals surface area contributed by atoms with E-state index in [0.29, 0.717) is 50.0 Å². The molecule has 0 spiro atoms. The fraction of sp³-hybridized carbons (Fsp3) is 0.308. The number of ether oxygens (including phenoxy) is 2. The minimum absolute atomic E-state index is 0.0955. The van der Waals surface area contributed by atoms with E-state index in [2.05, 4.69) is 39.1 Å². The lowest BCUT2D eigenvalue weighted by atomic mass is 10.1. The quantitative estimate of drug-likeness (QED) is 0.428. The van der Waals surface area contributed by atoms with Crippen LogP contribution in [0.4, 0.5) is 16.2 Å². The van der Waals surface area contributed by atoms with Crippen LogP contribution in [0.5, 0.6) is 5.75 Å². The van der Waals surface area contributed by atoms with Crippen LogP contribution in [0.2, 0.25) is 0 Å². The maximum absolute atomic E-state index is 13.4. The largest absolute Gasteiger partial charge is 0.501 e. The lowest BCUT2D eigenvalue weighted by molar-refractivity contribution is 0.122. The molecule has 2 saturated heterocycles. The number of hydrogen-bond donors (Lipinski definition) is 1. The Morgan fingerprint density at radius 2 is 1.86 bits per heavy atom. The van der Waals surface area contributed by atoms with Crippen molar-refractivity contribution in [1.29, 1.82) is 0 Å². The van der Waals surface area contributed by atoms with Crippen LogP contribution in [-0.2, 0) is 15.9 Å². The zero-order chi connectivity index (χ0) is 25.5. The zero-order valence-corrected chi connectivity index (χ0v) is 21.0. The molecule has 2 aliphatic rings. The van der Waals surface area contributed by atoms with E-state index >= 15 is 0 Å². The molecule has 0 bridgehead atoms. The molecule has 10 nitrogen and oxygen atoms in total. The van der Waals surface area contributed by atoms with Gasteiger partial charge < -0.3 is 19.5 Å². The van der Waals surface area contributed by atoms with Gasteiger partial charge in [-0.15, -0.1) is 11.3 Å². The maximum Gasteiger partial charge on any atom is 0.414 e. The summed E-state index contributed by atoms with van der Waals surface area (Å²) in [5.74, 6) is -0.484. The Morgan fingerprint density at radius 3 is 2.59 bits per heavy atom. The number of benzene rings is 1. The van der Waals surface area contributed by atoms with Crippen molar-refractivity contribution >= 4 is 34.5 Å². The topological polar surface area (TPSA) is 110 Å². The molecule has 0 radical (unpaired) electrons. The van der Waals surface area contributed by atoms with Gasteiger partial charge in [-0.3, -0.25) is 14.1 Å². The van der Waals surface area contributed by atoms with Crippen LogP contribution in [0.25, 0.3) is 16.3 Å². The van der Waals surface area contributed by atoms with Gasteiger partial charge in [0.25, 0.3) is 0 Å². The Bertz CT molecular complexity index is 1540. The van der Waals surface area contributed by atoms with E-state index in [1.54, 1.807) is 12.4 Å². The van der Waals surface area contributed by atoms with E-state index in [1.807, 2.05) is 13.0 Å². The first-order chi connectivity index (χ1) is 18.0. The van der Waals surface area contributed by atoms with Crippen molar-refractivity contribution in [2.75, 3.05) is 49.3 Å².